The average Bonchev–Trinajstić information content (AvgIpc) is 2.48. The molecule has 0 radical (unpaired) electrons. The Balaban J connectivity index is 2.03. The molecule has 1 aromatic carbocycles. The molecule has 0 saturated carbocycles. The van der Waals surface area contributed by atoms with Crippen molar-refractivity contribution < 1.29 is 9.66 Å². The molecule has 2 rings (SSSR count). The van der Waals surface area contributed by atoms with Gasteiger partial charge in [0.25, 0.3) is 11.2 Å². The monoisotopic (exact) mass is 316 g/mol. The molecule has 23 heavy (non-hydrogen) atoms. The van der Waals surface area contributed by atoms with Crippen molar-refractivity contribution in [2.24, 2.45) is 0 Å². The van der Waals surface area contributed by atoms with Gasteiger partial charge in [-0.3, -0.25) is 14.9 Å². The minimum absolute atomic E-state index is 0.110. The van der Waals surface area contributed by atoms with Crippen LogP contribution in [-0.4, -0.2) is 16.1 Å². The molecule has 0 aliphatic carbocycles. The van der Waals surface area contributed by atoms with Gasteiger partial charge in [-0.2, -0.15) is 0 Å². The molecule has 0 aliphatic heterocycles. The summed E-state index contributed by atoms with van der Waals surface area (Å²) in [6, 6.07) is 8.30. The van der Waals surface area contributed by atoms with E-state index >= 15 is 0 Å². The predicted octanol–water partition coefficient (Wildman–Crippen LogP) is 3.27. The number of hydrogen-bond acceptors (Lipinski definition) is 4. The molecular weight excluding hydrogens is 296 g/mol. The van der Waals surface area contributed by atoms with Crippen molar-refractivity contribution in [2.45, 2.75) is 33.2 Å². The van der Waals surface area contributed by atoms with Crippen molar-refractivity contribution in [3.05, 3.63) is 68.1 Å². The Hall–Kier alpha value is -2.63. The van der Waals surface area contributed by atoms with Gasteiger partial charge in [0.2, 0.25) is 0 Å². The zero-order valence-corrected chi connectivity index (χ0v) is 13.5. The minimum Gasteiger partial charge on any atom is -0.492 e. The second-order valence-corrected chi connectivity index (χ2v) is 5.70. The van der Waals surface area contributed by atoms with Gasteiger partial charge >= 0.3 is 0 Å². The summed E-state index contributed by atoms with van der Waals surface area (Å²) >= 11 is 0. The molecule has 1 heterocycles. The lowest BCUT2D eigenvalue weighted by molar-refractivity contribution is -0.385. The van der Waals surface area contributed by atoms with Gasteiger partial charge in [-0.1, -0.05) is 19.9 Å². The van der Waals surface area contributed by atoms with Crippen LogP contribution in [0.3, 0.4) is 0 Å². The van der Waals surface area contributed by atoms with E-state index in [1.165, 1.54) is 28.5 Å². The molecule has 0 spiro atoms. The number of rotatable bonds is 6. The summed E-state index contributed by atoms with van der Waals surface area (Å²) in [5.41, 5.74) is 2.03. The quantitative estimate of drug-likeness (QED) is 0.605. The number of nitrogens with zero attached hydrogens (tertiary/aromatic N) is 2. The Bertz CT molecular complexity index is 765. The van der Waals surface area contributed by atoms with Gasteiger partial charge in [0.1, 0.15) is 12.4 Å². The van der Waals surface area contributed by atoms with E-state index in [1.807, 2.05) is 25.1 Å². The van der Waals surface area contributed by atoms with E-state index in [0.29, 0.717) is 5.92 Å². The second kappa shape index (κ2) is 7.09. The number of ether oxygens (including phenoxy) is 1. The molecule has 0 fully saturated rings. The standard InChI is InChI=1S/C17H20N2O4/c1-12(2)16-6-5-15(10-13(16)3)23-9-8-18-11-14(19(21)22)4-7-17(18)20/h4-7,10-12H,8-9H2,1-3H3. The topological polar surface area (TPSA) is 74.4 Å². The van der Waals surface area contributed by atoms with Gasteiger partial charge < -0.3 is 9.30 Å². The maximum Gasteiger partial charge on any atom is 0.285 e. The fraction of sp³-hybridized carbons (Fsp3) is 0.353. The molecule has 0 bridgehead atoms. The molecule has 0 amide bonds. The van der Waals surface area contributed by atoms with Crippen LogP contribution in [-0.2, 0) is 6.54 Å². The summed E-state index contributed by atoms with van der Waals surface area (Å²) in [6.45, 7) is 6.83. The Morgan fingerprint density at radius 3 is 2.61 bits per heavy atom. The van der Waals surface area contributed by atoms with Crippen LogP contribution in [0.2, 0.25) is 0 Å². The highest BCUT2D eigenvalue weighted by Gasteiger charge is 2.08. The molecule has 2 aromatic rings. The van der Waals surface area contributed by atoms with E-state index in [0.717, 1.165) is 11.3 Å². The molecule has 122 valence electrons. The SMILES string of the molecule is Cc1cc(OCCn2cc([N+](=O)[O-])ccc2=O)ccc1C(C)C. The summed E-state index contributed by atoms with van der Waals surface area (Å²) in [5, 5.41) is 10.7. The Morgan fingerprint density at radius 2 is 2.00 bits per heavy atom. The highest BCUT2D eigenvalue weighted by atomic mass is 16.6. The normalized spacial score (nSPS) is 10.8. The molecule has 0 unspecified atom stereocenters. The number of benzene rings is 1. The van der Waals surface area contributed by atoms with Crippen LogP contribution in [0.1, 0.15) is 30.9 Å². The van der Waals surface area contributed by atoms with E-state index in [-0.39, 0.29) is 24.4 Å². The van der Waals surface area contributed by atoms with E-state index in [2.05, 4.69) is 13.8 Å². The van der Waals surface area contributed by atoms with Gasteiger partial charge in [0.05, 0.1) is 17.7 Å². The molecule has 0 aliphatic rings. The van der Waals surface area contributed by atoms with Crippen LogP contribution in [0.5, 0.6) is 5.75 Å². The number of pyridine rings is 1. The van der Waals surface area contributed by atoms with Crippen molar-refractivity contribution in [2.75, 3.05) is 6.61 Å². The van der Waals surface area contributed by atoms with E-state index in [1.54, 1.807) is 0 Å². The van der Waals surface area contributed by atoms with E-state index in [4.69, 9.17) is 4.74 Å². The van der Waals surface area contributed by atoms with Gasteiger partial charge in [-0.05, 0) is 36.1 Å². The zero-order chi connectivity index (χ0) is 17.0. The molecule has 1 aromatic heterocycles. The van der Waals surface area contributed by atoms with Crippen LogP contribution in [0.15, 0.2) is 41.3 Å². The number of nitro groups is 1. The molecule has 0 saturated heterocycles. The van der Waals surface area contributed by atoms with Crippen molar-refractivity contribution in [3.8, 4) is 5.75 Å². The lowest BCUT2D eigenvalue weighted by Crippen LogP contribution is -2.22. The van der Waals surface area contributed by atoms with Crippen molar-refractivity contribution >= 4 is 5.69 Å². The van der Waals surface area contributed by atoms with Crippen LogP contribution in [0.4, 0.5) is 5.69 Å². The highest BCUT2D eigenvalue weighted by molar-refractivity contribution is 5.36. The van der Waals surface area contributed by atoms with Crippen molar-refractivity contribution in [3.63, 3.8) is 0 Å². The van der Waals surface area contributed by atoms with Gasteiger partial charge in [0, 0.05) is 12.1 Å². The average molecular weight is 316 g/mol. The third-order valence-corrected chi connectivity index (χ3v) is 3.64. The molecule has 0 atom stereocenters. The maximum absolute atomic E-state index is 11.7. The van der Waals surface area contributed by atoms with Gasteiger partial charge in [-0.15, -0.1) is 0 Å². The Labute approximate surface area is 134 Å². The van der Waals surface area contributed by atoms with Gasteiger partial charge in [0.15, 0.2) is 0 Å². The maximum atomic E-state index is 11.7. The summed E-state index contributed by atoms with van der Waals surface area (Å²) < 4.78 is 6.94. The molecule has 0 N–H and O–H groups in total. The second-order valence-electron chi connectivity index (χ2n) is 5.70. The first-order chi connectivity index (χ1) is 10.9. The lowest BCUT2D eigenvalue weighted by Gasteiger charge is -2.13. The van der Waals surface area contributed by atoms with Crippen LogP contribution in [0.25, 0.3) is 0 Å². The summed E-state index contributed by atoms with van der Waals surface area (Å²) in [4.78, 5) is 21.9. The summed E-state index contributed by atoms with van der Waals surface area (Å²) in [5.74, 6) is 1.18. The fourth-order valence-electron chi connectivity index (χ4n) is 2.45. The minimum atomic E-state index is -0.523. The summed E-state index contributed by atoms with van der Waals surface area (Å²) in [7, 11) is 0. The predicted molar refractivity (Wildman–Crippen MR) is 88.1 cm³/mol. The first-order valence-corrected chi connectivity index (χ1v) is 7.46. The van der Waals surface area contributed by atoms with Crippen molar-refractivity contribution in [1.82, 2.24) is 4.57 Å². The van der Waals surface area contributed by atoms with Crippen molar-refractivity contribution in [1.29, 1.82) is 0 Å². The highest BCUT2D eigenvalue weighted by Crippen LogP contribution is 2.23. The van der Waals surface area contributed by atoms with Crippen LogP contribution < -0.4 is 10.3 Å². The smallest absolute Gasteiger partial charge is 0.285 e. The summed E-state index contributed by atoms with van der Waals surface area (Å²) in [6.07, 6.45) is 1.23. The Kier molecular flexibility index (Phi) is 5.16. The van der Waals surface area contributed by atoms with Crippen LogP contribution >= 0.6 is 0 Å². The fourth-order valence-corrected chi connectivity index (χ4v) is 2.45. The molecule has 6 heteroatoms. The third kappa shape index (κ3) is 4.18. The van der Waals surface area contributed by atoms with Crippen LogP contribution in [0, 0.1) is 17.0 Å². The van der Waals surface area contributed by atoms with E-state index in [9.17, 15) is 14.9 Å². The zero-order valence-electron chi connectivity index (χ0n) is 13.5. The van der Waals surface area contributed by atoms with E-state index < -0.39 is 4.92 Å². The Morgan fingerprint density at radius 1 is 1.26 bits per heavy atom. The number of aryl methyl sites for hydroxylation is 1. The van der Waals surface area contributed by atoms with Gasteiger partial charge in [-0.25, -0.2) is 0 Å². The number of aromatic nitrogens is 1. The molecular formula is C17H20N2O4. The third-order valence-electron chi connectivity index (χ3n) is 3.64. The molecule has 6 nitrogen and oxygen atoms in total. The largest absolute Gasteiger partial charge is 0.492 e. The first kappa shape index (κ1) is 16.7. The number of hydrogen-bond donors (Lipinski definition) is 0. The first-order valence-electron chi connectivity index (χ1n) is 7.46. The lowest BCUT2D eigenvalue weighted by atomic mass is 9.98.